The molecule has 1 heteroatoms. The number of hydrogen-bond donors (Lipinski definition) is 0. The summed E-state index contributed by atoms with van der Waals surface area (Å²) in [4.78, 5) is 2.24. The Hall–Kier alpha value is -0.0400. The van der Waals surface area contributed by atoms with Gasteiger partial charge < -0.3 is 4.90 Å². The van der Waals surface area contributed by atoms with E-state index in [9.17, 15) is 0 Å². The molecule has 0 amide bonds. The molecule has 1 nitrogen and oxygen atoms in total. The summed E-state index contributed by atoms with van der Waals surface area (Å²) >= 11 is 0. The molecule has 0 bridgehead atoms. The molecule has 0 heterocycles. The number of hydrogen-bond acceptors (Lipinski definition) is 1. The third-order valence-corrected chi connectivity index (χ3v) is 1.61. The molecule has 0 rings (SSSR count). The van der Waals surface area contributed by atoms with Crippen LogP contribution in [0.2, 0.25) is 0 Å². The quantitative estimate of drug-likeness (QED) is 0.514. The van der Waals surface area contributed by atoms with Crippen LogP contribution in [0.25, 0.3) is 0 Å². The first kappa shape index (κ1) is 9.96. The SMILES string of the molecule is [CH2]CCCCCCN(C)C. The molecule has 0 unspecified atom stereocenters. The van der Waals surface area contributed by atoms with Crippen molar-refractivity contribution in [2.24, 2.45) is 0 Å². The van der Waals surface area contributed by atoms with E-state index in [1.165, 1.54) is 32.2 Å². The van der Waals surface area contributed by atoms with Gasteiger partial charge in [-0.15, -0.1) is 0 Å². The van der Waals surface area contributed by atoms with E-state index in [4.69, 9.17) is 0 Å². The highest BCUT2D eigenvalue weighted by molar-refractivity contribution is 4.47. The van der Waals surface area contributed by atoms with E-state index in [0.717, 1.165) is 6.42 Å². The molecule has 0 aliphatic heterocycles. The molecule has 0 spiro atoms. The van der Waals surface area contributed by atoms with Gasteiger partial charge in [0.2, 0.25) is 0 Å². The summed E-state index contributed by atoms with van der Waals surface area (Å²) in [6.45, 7) is 5.04. The summed E-state index contributed by atoms with van der Waals surface area (Å²) in [5.41, 5.74) is 0. The average Bonchev–Trinajstić information content (AvgIpc) is 1.87. The molecule has 0 aromatic rings. The smallest absolute Gasteiger partial charge is 0.00248 e. The molecule has 0 saturated heterocycles. The van der Waals surface area contributed by atoms with Gasteiger partial charge in [0.25, 0.3) is 0 Å². The van der Waals surface area contributed by atoms with Crippen molar-refractivity contribution >= 4 is 0 Å². The second kappa shape index (κ2) is 7.07. The molecule has 0 aromatic heterocycles. The van der Waals surface area contributed by atoms with Crippen molar-refractivity contribution in [1.82, 2.24) is 4.90 Å². The van der Waals surface area contributed by atoms with Gasteiger partial charge in [-0.3, -0.25) is 0 Å². The van der Waals surface area contributed by atoms with Crippen LogP contribution < -0.4 is 0 Å². The molecule has 0 saturated carbocycles. The Morgan fingerprint density at radius 1 is 1.00 bits per heavy atom. The van der Waals surface area contributed by atoms with E-state index in [2.05, 4.69) is 25.9 Å². The minimum Gasteiger partial charge on any atom is -0.309 e. The van der Waals surface area contributed by atoms with Crippen molar-refractivity contribution in [1.29, 1.82) is 0 Å². The summed E-state index contributed by atoms with van der Waals surface area (Å²) in [6, 6.07) is 0. The highest BCUT2D eigenvalue weighted by atomic mass is 15.0. The molecule has 0 atom stereocenters. The maximum atomic E-state index is 3.81. The zero-order valence-corrected chi connectivity index (χ0v) is 7.40. The van der Waals surface area contributed by atoms with Gasteiger partial charge in [0.15, 0.2) is 0 Å². The lowest BCUT2D eigenvalue weighted by Gasteiger charge is -2.07. The van der Waals surface area contributed by atoms with Crippen LogP contribution in [0.15, 0.2) is 0 Å². The van der Waals surface area contributed by atoms with Gasteiger partial charge in [-0.2, -0.15) is 0 Å². The van der Waals surface area contributed by atoms with E-state index in [1.54, 1.807) is 0 Å². The lowest BCUT2D eigenvalue weighted by molar-refractivity contribution is 0.390. The fourth-order valence-electron chi connectivity index (χ4n) is 0.958. The van der Waals surface area contributed by atoms with Crippen LogP contribution in [0.3, 0.4) is 0 Å². The molecule has 0 N–H and O–H groups in total. The number of nitrogens with zero attached hydrogens (tertiary/aromatic N) is 1. The minimum atomic E-state index is 1.10. The van der Waals surface area contributed by atoms with Crippen LogP contribution >= 0.6 is 0 Å². The van der Waals surface area contributed by atoms with Crippen LogP contribution in [0.1, 0.15) is 32.1 Å². The highest BCUT2D eigenvalue weighted by Gasteiger charge is 1.89. The molecular formula is C9H20N. The number of unbranched alkanes of at least 4 members (excludes halogenated alkanes) is 4. The minimum absolute atomic E-state index is 1.10. The van der Waals surface area contributed by atoms with Gasteiger partial charge in [0, 0.05) is 0 Å². The van der Waals surface area contributed by atoms with Crippen molar-refractivity contribution in [3.8, 4) is 0 Å². The van der Waals surface area contributed by atoms with E-state index in [0.29, 0.717) is 0 Å². The molecule has 10 heavy (non-hydrogen) atoms. The van der Waals surface area contributed by atoms with Gasteiger partial charge in [-0.1, -0.05) is 32.6 Å². The lowest BCUT2D eigenvalue weighted by atomic mass is 10.1. The maximum Gasteiger partial charge on any atom is -0.00248 e. The van der Waals surface area contributed by atoms with Gasteiger partial charge in [0.05, 0.1) is 0 Å². The van der Waals surface area contributed by atoms with Gasteiger partial charge in [-0.25, -0.2) is 0 Å². The Kier molecular flexibility index (Phi) is 7.04. The molecule has 1 radical (unpaired) electrons. The van der Waals surface area contributed by atoms with Gasteiger partial charge >= 0.3 is 0 Å². The summed E-state index contributed by atoms with van der Waals surface area (Å²) < 4.78 is 0. The monoisotopic (exact) mass is 142 g/mol. The number of rotatable bonds is 6. The fraction of sp³-hybridized carbons (Fsp3) is 0.889. The summed E-state index contributed by atoms with van der Waals surface area (Å²) in [7, 11) is 4.25. The normalized spacial score (nSPS) is 10.8. The molecular weight excluding hydrogens is 122 g/mol. The summed E-state index contributed by atoms with van der Waals surface area (Å²) in [5, 5.41) is 0. The second-order valence-electron chi connectivity index (χ2n) is 3.07. The van der Waals surface area contributed by atoms with Gasteiger partial charge in [-0.05, 0) is 27.1 Å². The summed E-state index contributed by atoms with van der Waals surface area (Å²) in [6.07, 6.45) is 6.47. The van der Waals surface area contributed by atoms with Crippen molar-refractivity contribution in [3.05, 3.63) is 6.92 Å². The van der Waals surface area contributed by atoms with Crippen molar-refractivity contribution < 1.29 is 0 Å². The Morgan fingerprint density at radius 3 is 2.10 bits per heavy atom. The molecule has 0 aliphatic rings. The standard InChI is InChI=1S/C9H20N/c1-4-5-6-7-8-9-10(2)3/h1,4-9H2,2-3H3. The Morgan fingerprint density at radius 2 is 1.60 bits per heavy atom. The first-order valence-corrected chi connectivity index (χ1v) is 4.21. The van der Waals surface area contributed by atoms with E-state index in [-0.39, 0.29) is 0 Å². The molecule has 61 valence electrons. The first-order chi connectivity index (χ1) is 4.77. The van der Waals surface area contributed by atoms with Crippen LogP contribution in [0, 0.1) is 6.92 Å². The average molecular weight is 142 g/mol. The molecule has 0 aromatic carbocycles. The fourth-order valence-corrected chi connectivity index (χ4v) is 0.958. The lowest BCUT2D eigenvalue weighted by Crippen LogP contribution is -2.12. The van der Waals surface area contributed by atoms with Crippen LogP contribution in [0.5, 0.6) is 0 Å². The highest BCUT2D eigenvalue weighted by Crippen LogP contribution is 2.01. The van der Waals surface area contributed by atoms with Crippen molar-refractivity contribution in [3.63, 3.8) is 0 Å². The van der Waals surface area contributed by atoms with Crippen LogP contribution in [0.4, 0.5) is 0 Å². The van der Waals surface area contributed by atoms with Gasteiger partial charge in [0.1, 0.15) is 0 Å². The third kappa shape index (κ3) is 7.96. The Labute approximate surface area is 65.4 Å². The Bertz CT molecular complexity index is 59.7. The Balaban J connectivity index is 2.77. The predicted octanol–water partition coefficient (Wildman–Crippen LogP) is 2.33. The summed E-state index contributed by atoms with van der Waals surface area (Å²) in [5.74, 6) is 0. The van der Waals surface area contributed by atoms with Crippen molar-refractivity contribution in [2.75, 3.05) is 20.6 Å². The first-order valence-electron chi connectivity index (χ1n) is 4.21. The third-order valence-electron chi connectivity index (χ3n) is 1.61. The van der Waals surface area contributed by atoms with E-state index < -0.39 is 0 Å². The van der Waals surface area contributed by atoms with E-state index in [1.807, 2.05) is 0 Å². The zero-order valence-electron chi connectivity index (χ0n) is 7.40. The largest absolute Gasteiger partial charge is 0.309 e. The maximum absolute atomic E-state index is 3.81. The molecule has 0 fully saturated rings. The van der Waals surface area contributed by atoms with Crippen molar-refractivity contribution in [2.45, 2.75) is 32.1 Å². The van der Waals surface area contributed by atoms with E-state index >= 15 is 0 Å². The molecule has 0 aliphatic carbocycles. The zero-order chi connectivity index (χ0) is 7.82. The van der Waals surface area contributed by atoms with Crippen LogP contribution in [-0.2, 0) is 0 Å². The van der Waals surface area contributed by atoms with Crippen LogP contribution in [-0.4, -0.2) is 25.5 Å². The second-order valence-corrected chi connectivity index (χ2v) is 3.07. The predicted molar refractivity (Wildman–Crippen MR) is 47.0 cm³/mol. The topological polar surface area (TPSA) is 3.24 Å².